The number of nitrogens with zero attached hydrogens (tertiary/aromatic N) is 7. The summed E-state index contributed by atoms with van der Waals surface area (Å²) in [6.45, 7) is 1.71. The molecule has 0 unspecified atom stereocenters. The van der Waals surface area contributed by atoms with Crippen molar-refractivity contribution in [3.8, 4) is 17.3 Å². The van der Waals surface area contributed by atoms with E-state index in [1.165, 1.54) is 6.92 Å². The van der Waals surface area contributed by atoms with Gasteiger partial charge in [-0.05, 0) is 12.1 Å². The van der Waals surface area contributed by atoms with Gasteiger partial charge in [0.05, 0.1) is 35.6 Å². The third-order valence-corrected chi connectivity index (χ3v) is 5.28. The molecular formula is C21H22N8O3. The van der Waals surface area contributed by atoms with Crippen molar-refractivity contribution in [1.29, 1.82) is 5.26 Å². The second-order valence-electron chi connectivity index (χ2n) is 7.69. The van der Waals surface area contributed by atoms with Gasteiger partial charge in [-0.2, -0.15) is 10.4 Å². The molecule has 32 heavy (non-hydrogen) atoms. The third-order valence-electron chi connectivity index (χ3n) is 5.28. The molecule has 0 bridgehead atoms. The highest BCUT2D eigenvalue weighted by molar-refractivity contribution is 5.81. The number of aromatic nitrogens is 5. The van der Waals surface area contributed by atoms with Gasteiger partial charge in [-0.25, -0.2) is 9.97 Å². The first-order chi connectivity index (χ1) is 15.4. The summed E-state index contributed by atoms with van der Waals surface area (Å²) in [7, 11) is 1.83. The van der Waals surface area contributed by atoms with Gasteiger partial charge >= 0.3 is 5.97 Å². The Balaban J connectivity index is 1.49. The van der Waals surface area contributed by atoms with Crippen LogP contribution in [0.2, 0.25) is 0 Å². The van der Waals surface area contributed by atoms with Gasteiger partial charge in [0.25, 0.3) is 5.91 Å². The van der Waals surface area contributed by atoms with E-state index >= 15 is 0 Å². The highest BCUT2D eigenvalue weighted by Crippen LogP contribution is 2.34. The Morgan fingerprint density at radius 3 is 2.81 bits per heavy atom. The maximum atomic E-state index is 12.2. The predicted molar refractivity (Wildman–Crippen MR) is 113 cm³/mol. The third kappa shape index (κ3) is 4.29. The number of aryl methyl sites for hydroxylation is 1. The monoisotopic (exact) mass is 434 g/mol. The van der Waals surface area contributed by atoms with Gasteiger partial charge in [-0.3, -0.25) is 14.3 Å². The number of carbonyl (C=O) groups is 2. The molecule has 1 saturated heterocycles. The van der Waals surface area contributed by atoms with Crippen molar-refractivity contribution in [2.45, 2.75) is 18.9 Å². The summed E-state index contributed by atoms with van der Waals surface area (Å²) < 4.78 is 8.42. The average Bonchev–Trinajstić information content (AvgIpc) is 3.38. The van der Waals surface area contributed by atoms with Crippen LogP contribution in [0, 0.1) is 11.3 Å². The molecule has 3 aromatic heterocycles. The number of anilines is 2. The zero-order chi connectivity index (χ0) is 22.7. The van der Waals surface area contributed by atoms with Crippen LogP contribution in [-0.4, -0.2) is 60.8 Å². The van der Waals surface area contributed by atoms with E-state index in [-0.39, 0.29) is 18.9 Å². The van der Waals surface area contributed by atoms with Gasteiger partial charge < -0.3 is 19.5 Å². The van der Waals surface area contributed by atoms with E-state index in [1.807, 2.05) is 36.3 Å². The van der Waals surface area contributed by atoms with Crippen molar-refractivity contribution in [3.05, 3.63) is 43.1 Å². The largest absolute Gasteiger partial charge is 0.456 e. The number of nitrogens with one attached hydrogen (secondary N) is 1. The lowest BCUT2D eigenvalue weighted by Gasteiger charge is -2.49. The van der Waals surface area contributed by atoms with Crippen LogP contribution >= 0.6 is 0 Å². The number of amides is 1. The van der Waals surface area contributed by atoms with Crippen LogP contribution in [0.1, 0.15) is 13.3 Å². The van der Waals surface area contributed by atoms with E-state index < -0.39 is 11.5 Å². The lowest BCUT2D eigenvalue weighted by Crippen LogP contribution is -2.64. The first-order valence-electron chi connectivity index (χ1n) is 9.94. The molecule has 1 N–H and O–H groups in total. The molecule has 1 fully saturated rings. The van der Waals surface area contributed by atoms with E-state index in [1.54, 1.807) is 28.0 Å². The smallest absolute Gasteiger partial charge is 0.303 e. The van der Waals surface area contributed by atoms with Gasteiger partial charge in [-0.1, -0.05) is 0 Å². The zero-order valence-corrected chi connectivity index (χ0v) is 17.7. The van der Waals surface area contributed by atoms with E-state index in [9.17, 15) is 14.9 Å². The molecule has 1 aliphatic rings. The first-order valence-corrected chi connectivity index (χ1v) is 9.94. The minimum atomic E-state index is -0.525. The molecular weight excluding hydrogens is 412 g/mol. The molecule has 4 rings (SSSR count). The first kappa shape index (κ1) is 21.0. The topological polar surface area (TPSA) is 131 Å². The van der Waals surface area contributed by atoms with Crippen molar-refractivity contribution in [3.63, 3.8) is 0 Å². The van der Waals surface area contributed by atoms with Crippen molar-refractivity contribution in [2.24, 2.45) is 7.05 Å². The van der Waals surface area contributed by atoms with E-state index in [2.05, 4.69) is 26.5 Å². The summed E-state index contributed by atoms with van der Waals surface area (Å²) in [5.41, 5.74) is 1.84. The van der Waals surface area contributed by atoms with Gasteiger partial charge in [0.2, 0.25) is 5.95 Å². The van der Waals surface area contributed by atoms with Crippen LogP contribution in [0.25, 0.3) is 11.3 Å². The molecule has 0 saturated carbocycles. The number of carbonyl (C=O) groups excluding carboxylic acids is 2. The molecule has 164 valence electrons. The standard InChI is InChI=1S/C21H22N8O3/c1-15(30)32-12-19(31)28-13-21(14-28,5-6-22)29-8-4-16(10-29)18-3-7-23-20(26-18)25-17-9-24-27(2)11-17/h3-4,7-11H,5,12-14H2,1-2H3,(H,23,25,26). The molecule has 0 aromatic carbocycles. The fourth-order valence-electron chi connectivity index (χ4n) is 3.65. The fraction of sp³-hybridized carbons (Fsp3) is 0.333. The Hall–Kier alpha value is -4.20. The fourth-order valence-corrected chi connectivity index (χ4v) is 3.65. The molecule has 1 aliphatic heterocycles. The van der Waals surface area contributed by atoms with Crippen LogP contribution in [0.3, 0.4) is 0 Å². The maximum Gasteiger partial charge on any atom is 0.303 e. The highest BCUT2D eigenvalue weighted by atomic mass is 16.5. The van der Waals surface area contributed by atoms with Crippen molar-refractivity contribution in [1.82, 2.24) is 29.2 Å². The lowest BCUT2D eigenvalue weighted by molar-refractivity contribution is -0.155. The van der Waals surface area contributed by atoms with Crippen LogP contribution in [0.5, 0.6) is 0 Å². The summed E-state index contributed by atoms with van der Waals surface area (Å²) in [6.07, 6.45) is 9.23. The van der Waals surface area contributed by atoms with Crippen LogP contribution in [0.15, 0.2) is 43.1 Å². The molecule has 4 heterocycles. The molecule has 11 heteroatoms. The summed E-state index contributed by atoms with van der Waals surface area (Å²) in [6, 6.07) is 5.94. The van der Waals surface area contributed by atoms with Crippen molar-refractivity contribution >= 4 is 23.5 Å². The SMILES string of the molecule is CC(=O)OCC(=O)N1CC(CC#N)(n2ccc(-c3ccnc(Nc4cnn(C)c4)n3)c2)C1. The molecule has 11 nitrogen and oxygen atoms in total. The Kier molecular flexibility index (Phi) is 5.59. The molecule has 1 amide bonds. The second-order valence-corrected chi connectivity index (χ2v) is 7.69. The number of likely N-dealkylation sites (tertiary alicyclic amines) is 1. The van der Waals surface area contributed by atoms with E-state index in [0.717, 1.165) is 16.9 Å². The van der Waals surface area contributed by atoms with Crippen molar-refractivity contribution in [2.75, 3.05) is 25.0 Å². The van der Waals surface area contributed by atoms with Crippen LogP contribution in [0.4, 0.5) is 11.6 Å². The highest BCUT2D eigenvalue weighted by Gasteiger charge is 2.46. The zero-order valence-electron chi connectivity index (χ0n) is 17.7. The number of hydrogen-bond acceptors (Lipinski definition) is 8. The minimum absolute atomic E-state index is 0.246. The van der Waals surface area contributed by atoms with Crippen LogP contribution in [-0.2, 0) is 26.9 Å². The maximum absolute atomic E-state index is 12.2. The van der Waals surface area contributed by atoms with Gasteiger partial charge in [0, 0.05) is 57.4 Å². The van der Waals surface area contributed by atoms with Gasteiger partial charge in [-0.15, -0.1) is 0 Å². The number of ether oxygens (including phenoxy) is 1. The molecule has 0 radical (unpaired) electrons. The quantitative estimate of drug-likeness (QED) is 0.553. The lowest BCUT2D eigenvalue weighted by atomic mass is 9.86. The Labute approximate surface area is 184 Å². The number of rotatable bonds is 7. The minimum Gasteiger partial charge on any atom is -0.456 e. The molecule has 0 aliphatic carbocycles. The number of hydrogen-bond donors (Lipinski definition) is 1. The normalized spacial score (nSPS) is 14.3. The second kappa shape index (κ2) is 8.50. The predicted octanol–water partition coefficient (Wildman–Crippen LogP) is 1.44. The van der Waals surface area contributed by atoms with Crippen molar-refractivity contribution < 1.29 is 14.3 Å². The average molecular weight is 434 g/mol. The molecule has 3 aromatic rings. The Morgan fingerprint density at radius 1 is 1.31 bits per heavy atom. The summed E-state index contributed by atoms with van der Waals surface area (Å²) >= 11 is 0. The molecule has 0 atom stereocenters. The van der Waals surface area contributed by atoms with E-state index in [0.29, 0.717) is 19.0 Å². The Morgan fingerprint density at radius 2 is 2.12 bits per heavy atom. The summed E-state index contributed by atoms with van der Waals surface area (Å²) in [5, 5.41) is 16.6. The summed E-state index contributed by atoms with van der Waals surface area (Å²) in [4.78, 5) is 33.5. The Bertz CT molecular complexity index is 1190. The van der Waals surface area contributed by atoms with Gasteiger partial charge in [0.15, 0.2) is 6.61 Å². The number of esters is 1. The molecule has 0 spiro atoms. The summed E-state index contributed by atoms with van der Waals surface area (Å²) in [5.74, 6) is -0.330. The van der Waals surface area contributed by atoms with Crippen LogP contribution < -0.4 is 5.32 Å². The van der Waals surface area contributed by atoms with E-state index in [4.69, 9.17) is 4.74 Å². The number of nitriles is 1. The van der Waals surface area contributed by atoms with Gasteiger partial charge in [0.1, 0.15) is 0 Å².